The lowest BCUT2D eigenvalue weighted by molar-refractivity contribution is -0.131. The van der Waals surface area contributed by atoms with Gasteiger partial charge < -0.3 is 9.67 Å². The van der Waals surface area contributed by atoms with Gasteiger partial charge in [-0.2, -0.15) is 0 Å². The fourth-order valence-corrected chi connectivity index (χ4v) is 3.32. The van der Waals surface area contributed by atoms with Gasteiger partial charge in [0.2, 0.25) is 0 Å². The number of rotatable bonds is 5. The first kappa shape index (κ1) is 17.7. The average Bonchev–Trinajstić information content (AvgIpc) is 3.07. The third kappa shape index (κ3) is 3.30. The normalized spacial score (nSPS) is 10.9. The number of hydrogen-bond donors (Lipinski definition) is 1. The smallest absolute Gasteiger partial charge is 0.377 e. The van der Waals surface area contributed by atoms with Gasteiger partial charge in [0.25, 0.3) is 5.78 Å². The van der Waals surface area contributed by atoms with Gasteiger partial charge in [0, 0.05) is 23.6 Å². The van der Waals surface area contributed by atoms with Crippen molar-refractivity contribution >= 4 is 22.7 Å². The molecule has 0 radical (unpaired) electrons. The Labute approximate surface area is 160 Å². The molecule has 0 atom stereocenters. The van der Waals surface area contributed by atoms with Gasteiger partial charge in [-0.25, -0.2) is 9.18 Å². The molecule has 1 heterocycles. The minimum absolute atomic E-state index is 0.141. The predicted molar refractivity (Wildman–Crippen MR) is 105 cm³/mol. The summed E-state index contributed by atoms with van der Waals surface area (Å²) in [4.78, 5) is 23.6. The number of hydrogen-bond acceptors (Lipinski definition) is 2. The van der Waals surface area contributed by atoms with Crippen LogP contribution in [-0.2, 0) is 11.3 Å². The molecule has 0 aliphatic rings. The van der Waals surface area contributed by atoms with E-state index in [1.54, 1.807) is 18.3 Å². The summed E-state index contributed by atoms with van der Waals surface area (Å²) < 4.78 is 15.0. The monoisotopic (exact) mass is 373 g/mol. The van der Waals surface area contributed by atoms with Gasteiger partial charge in [0.1, 0.15) is 5.82 Å². The Morgan fingerprint density at radius 3 is 2.29 bits per heavy atom. The molecule has 28 heavy (non-hydrogen) atoms. The Hall–Kier alpha value is -3.73. The number of fused-ring (bicyclic) bond motifs is 1. The van der Waals surface area contributed by atoms with Crippen LogP contribution < -0.4 is 0 Å². The van der Waals surface area contributed by atoms with Crippen molar-refractivity contribution in [3.63, 3.8) is 0 Å². The molecule has 1 aromatic heterocycles. The molecular formula is C23H16FNO3. The molecule has 4 nitrogen and oxygen atoms in total. The van der Waals surface area contributed by atoms with Crippen LogP contribution in [0.25, 0.3) is 22.0 Å². The van der Waals surface area contributed by atoms with Crippen molar-refractivity contribution in [3.05, 3.63) is 95.9 Å². The molecule has 0 aliphatic carbocycles. The number of nitrogens with zero attached hydrogens (tertiary/aromatic N) is 1. The van der Waals surface area contributed by atoms with E-state index in [0.29, 0.717) is 11.9 Å². The van der Waals surface area contributed by atoms with Gasteiger partial charge in [0.05, 0.1) is 5.56 Å². The number of carbonyl (C=O) groups is 2. The summed E-state index contributed by atoms with van der Waals surface area (Å²) in [5.41, 5.74) is 3.60. The van der Waals surface area contributed by atoms with Crippen LogP contribution in [0.15, 0.2) is 79.0 Å². The van der Waals surface area contributed by atoms with E-state index in [-0.39, 0.29) is 11.4 Å². The number of carboxylic acid groups (broad SMARTS) is 1. The van der Waals surface area contributed by atoms with Crippen LogP contribution in [0.2, 0.25) is 0 Å². The van der Waals surface area contributed by atoms with Gasteiger partial charge in [-0.15, -0.1) is 0 Å². The third-order valence-electron chi connectivity index (χ3n) is 4.69. The van der Waals surface area contributed by atoms with Gasteiger partial charge in [-0.05, 0) is 41.0 Å². The molecule has 0 saturated carbocycles. The molecule has 3 aromatic carbocycles. The first-order chi connectivity index (χ1) is 13.5. The number of aromatic nitrogens is 1. The molecule has 1 N–H and O–H groups in total. The third-order valence-corrected chi connectivity index (χ3v) is 4.69. The first-order valence-electron chi connectivity index (χ1n) is 8.73. The van der Waals surface area contributed by atoms with Crippen molar-refractivity contribution < 1.29 is 19.1 Å². The second-order valence-corrected chi connectivity index (χ2v) is 6.53. The topological polar surface area (TPSA) is 59.3 Å². The maximum Gasteiger partial charge on any atom is 0.377 e. The molecule has 0 unspecified atom stereocenters. The van der Waals surface area contributed by atoms with Crippen molar-refractivity contribution in [1.82, 2.24) is 4.57 Å². The highest BCUT2D eigenvalue weighted by Gasteiger charge is 2.21. The number of Topliss-reactive ketones (excluding diaryl/α,β-unsaturated/α-hetero) is 1. The van der Waals surface area contributed by atoms with Crippen LogP contribution in [0.3, 0.4) is 0 Å². The molecule has 0 amide bonds. The van der Waals surface area contributed by atoms with E-state index in [0.717, 1.165) is 22.2 Å². The molecular weight excluding hydrogens is 357 g/mol. The maximum atomic E-state index is 13.2. The number of benzene rings is 3. The van der Waals surface area contributed by atoms with E-state index in [1.807, 2.05) is 53.1 Å². The minimum Gasteiger partial charge on any atom is -0.475 e. The Kier molecular flexibility index (Phi) is 4.49. The molecule has 4 aromatic rings. The number of ketones is 1. The second kappa shape index (κ2) is 7.12. The maximum absolute atomic E-state index is 13.2. The molecule has 0 saturated heterocycles. The number of carboxylic acids is 1. The van der Waals surface area contributed by atoms with Crippen molar-refractivity contribution in [3.8, 4) is 11.1 Å². The summed E-state index contributed by atoms with van der Waals surface area (Å²) in [5, 5.41) is 9.79. The van der Waals surface area contributed by atoms with Crippen molar-refractivity contribution in [2.24, 2.45) is 0 Å². The van der Waals surface area contributed by atoms with Crippen molar-refractivity contribution in [1.29, 1.82) is 0 Å². The predicted octanol–water partition coefficient (Wildman–Crippen LogP) is 4.76. The molecule has 138 valence electrons. The van der Waals surface area contributed by atoms with E-state index in [2.05, 4.69) is 0 Å². The van der Waals surface area contributed by atoms with Crippen LogP contribution in [-0.4, -0.2) is 21.4 Å². The SMILES string of the molecule is O=C(O)C(=O)c1cn(Cc2ccc(F)cc2)c2ccc(-c3ccccc3)cc12. The highest BCUT2D eigenvalue weighted by Crippen LogP contribution is 2.29. The molecule has 5 heteroatoms. The molecule has 0 fully saturated rings. The zero-order valence-electron chi connectivity index (χ0n) is 14.8. The Balaban J connectivity index is 1.85. The summed E-state index contributed by atoms with van der Waals surface area (Å²) >= 11 is 0. The van der Waals surface area contributed by atoms with Gasteiger partial charge in [-0.3, -0.25) is 4.79 Å². The highest BCUT2D eigenvalue weighted by atomic mass is 19.1. The van der Waals surface area contributed by atoms with Crippen LogP contribution in [0, 0.1) is 5.82 Å². The van der Waals surface area contributed by atoms with E-state index in [1.165, 1.54) is 12.1 Å². The van der Waals surface area contributed by atoms with Crippen molar-refractivity contribution in [2.75, 3.05) is 0 Å². The highest BCUT2D eigenvalue weighted by molar-refractivity contribution is 6.42. The Morgan fingerprint density at radius 2 is 1.61 bits per heavy atom. The lowest BCUT2D eigenvalue weighted by atomic mass is 10.0. The Morgan fingerprint density at radius 1 is 0.893 bits per heavy atom. The summed E-state index contributed by atoms with van der Waals surface area (Å²) in [5.74, 6) is -2.77. The zero-order chi connectivity index (χ0) is 19.7. The Bertz CT molecular complexity index is 1180. The average molecular weight is 373 g/mol. The summed E-state index contributed by atoms with van der Waals surface area (Å²) in [6.07, 6.45) is 1.55. The van der Waals surface area contributed by atoms with Crippen molar-refractivity contribution in [2.45, 2.75) is 6.54 Å². The van der Waals surface area contributed by atoms with E-state index < -0.39 is 11.8 Å². The van der Waals surface area contributed by atoms with Gasteiger partial charge in [-0.1, -0.05) is 48.5 Å². The molecule has 0 aliphatic heterocycles. The molecule has 4 rings (SSSR count). The van der Waals surface area contributed by atoms with Gasteiger partial charge in [0.15, 0.2) is 0 Å². The number of aliphatic carboxylic acids is 1. The van der Waals surface area contributed by atoms with Gasteiger partial charge >= 0.3 is 5.97 Å². The van der Waals surface area contributed by atoms with E-state index in [9.17, 15) is 19.1 Å². The summed E-state index contributed by atoms with van der Waals surface area (Å²) in [7, 11) is 0. The fourth-order valence-electron chi connectivity index (χ4n) is 3.32. The minimum atomic E-state index is -1.49. The van der Waals surface area contributed by atoms with Crippen LogP contribution >= 0.6 is 0 Å². The number of carbonyl (C=O) groups excluding carboxylic acids is 1. The second-order valence-electron chi connectivity index (χ2n) is 6.53. The van der Waals surface area contributed by atoms with Crippen LogP contribution in [0.4, 0.5) is 4.39 Å². The molecule has 0 spiro atoms. The van der Waals surface area contributed by atoms with Crippen LogP contribution in [0.1, 0.15) is 15.9 Å². The lowest BCUT2D eigenvalue weighted by Gasteiger charge is -2.07. The fraction of sp³-hybridized carbons (Fsp3) is 0.0435. The van der Waals surface area contributed by atoms with Crippen LogP contribution in [0.5, 0.6) is 0 Å². The zero-order valence-corrected chi connectivity index (χ0v) is 14.8. The standard InChI is InChI=1S/C23H16FNO3/c24-18-9-6-15(7-10-18)13-25-14-20(22(26)23(27)28)19-12-17(8-11-21(19)25)16-4-2-1-3-5-16/h1-12,14H,13H2,(H,27,28). The quantitative estimate of drug-likeness (QED) is 0.405. The first-order valence-corrected chi connectivity index (χ1v) is 8.73. The van der Waals surface area contributed by atoms with E-state index >= 15 is 0 Å². The number of halogens is 1. The van der Waals surface area contributed by atoms with E-state index in [4.69, 9.17) is 0 Å². The molecule has 0 bridgehead atoms. The lowest BCUT2D eigenvalue weighted by Crippen LogP contribution is -2.12. The summed E-state index contributed by atoms with van der Waals surface area (Å²) in [6, 6.07) is 21.4. The largest absolute Gasteiger partial charge is 0.475 e. The summed E-state index contributed by atoms with van der Waals surface area (Å²) in [6.45, 7) is 0.397.